The van der Waals surface area contributed by atoms with E-state index < -0.39 is 0 Å². The summed E-state index contributed by atoms with van der Waals surface area (Å²) >= 11 is 0. The number of hydrogen-bond donors (Lipinski definition) is 0. The molecule has 1 aromatic rings. The van der Waals surface area contributed by atoms with Gasteiger partial charge in [0.05, 0.1) is 12.2 Å². The number of ether oxygens (including phenoxy) is 3. The Bertz CT molecular complexity index is 562. The monoisotopic (exact) mass is 332 g/mol. The zero-order chi connectivity index (χ0) is 16.5. The number of morpholine rings is 1. The summed E-state index contributed by atoms with van der Waals surface area (Å²) in [6.07, 6.45) is 3.23. The van der Waals surface area contributed by atoms with Gasteiger partial charge in [0.1, 0.15) is 0 Å². The first kappa shape index (κ1) is 16.2. The van der Waals surface area contributed by atoms with Crippen LogP contribution in [0.4, 0.5) is 0 Å². The molecular formula is C19H28N2O3. The van der Waals surface area contributed by atoms with Gasteiger partial charge in [0.25, 0.3) is 0 Å². The number of piperidine rings is 1. The van der Waals surface area contributed by atoms with Gasteiger partial charge < -0.3 is 14.2 Å². The average molecular weight is 332 g/mol. The molecule has 0 N–H and O–H groups in total. The second-order valence-corrected chi connectivity index (χ2v) is 7.41. The standard InChI is InChI=1S/C19H28N2O3/c1-14-10-21(11-15(2)24-14)17-5-7-20(8-6-17)12-16-3-4-18-19(9-16)23-13-22-18/h3-4,9,14-15,17H,5-8,10-13H2,1-2H3/t14-,15-/m0/s1. The Labute approximate surface area is 144 Å². The van der Waals surface area contributed by atoms with Crippen molar-refractivity contribution in [3.05, 3.63) is 23.8 Å². The summed E-state index contributed by atoms with van der Waals surface area (Å²) in [5.74, 6) is 1.76. The van der Waals surface area contributed by atoms with Gasteiger partial charge >= 0.3 is 0 Å². The van der Waals surface area contributed by atoms with Crippen molar-refractivity contribution in [2.45, 2.75) is 51.5 Å². The van der Waals surface area contributed by atoms with E-state index in [1.807, 2.05) is 6.07 Å². The molecule has 0 bridgehead atoms. The molecule has 2 saturated heterocycles. The number of hydrogen-bond acceptors (Lipinski definition) is 5. The fourth-order valence-corrected chi connectivity index (χ4v) is 4.26. The van der Waals surface area contributed by atoms with Crippen LogP contribution < -0.4 is 9.47 Å². The van der Waals surface area contributed by atoms with Gasteiger partial charge in [-0.15, -0.1) is 0 Å². The molecule has 0 spiro atoms. The molecule has 132 valence electrons. The summed E-state index contributed by atoms with van der Waals surface area (Å²) in [7, 11) is 0. The molecule has 2 atom stereocenters. The van der Waals surface area contributed by atoms with Crippen molar-refractivity contribution in [3.8, 4) is 11.5 Å². The summed E-state index contributed by atoms with van der Waals surface area (Å²) in [6, 6.07) is 7.03. The maximum absolute atomic E-state index is 5.87. The van der Waals surface area contributed by atoms with E-state index in [9.17, 15) is 0 Å². The second kappa shape index (κ2) is 6.90. The van der Waals surface area contributed by atoms with E-state index in [1.165, 1.54) is 31.5 Å². The topological polar surface area (TPSA) is 34.2 Å². The minimum atomic E-state index is 0.348. The molecule has 4 rings (SSSR count). The molecule has 0 radical (unpaired) electrons. The molecule has 3 heterocycles. The van der Waals surface area contributed by atoms with Crippen LogP contribution in [0.2, 0.25) is 0 Å². The molecule has 3 aliphatic heterocycles. The lowest BCUT2D eigenvalue weighted by atomic mass is 10.0. The summed E-state index contributed by atoms with van der Waals surface area (Å²) in [6.45, 7) is 10.2. The van der Waals surface area contributed by atoms with Crippen LogP contribution in [0.3, 0.4) is 0 Å². The van der Waals surface area contributed by atoms with Gasteiger partial charge in [-0.2, -0.15) is 0 Å². The van der Waals surface area contributed by atoms with E-state index >= 15 is 0 Å². The van der Waals surface area contributed by atoms with Crippen molar-refractivity contribution in [2.75, 3.05) is 33.0 Å². The van der Waals surface area contributed by atoms with Crippen molar-refractivity contribution >= 4 is 0 Å². The van der Waals surface area contributed by atoms with Crippen LogP contribution >= 0.6 is 0 Å². The molecular weight excluding hydrogens is 304 g/mol. The molecule has 0 aromatic heterocycles. The maximum atomic E-state index is 5.87. The van der Waals surface area contributed by atoms with Crippen LogP contribution in [0.15, 0.2) is 18.2 Å². The summed E-state index contributed by atoms with van der Waals surface area (Å²) < 4.78 is 16.7. The normalized spacial score (nSPS) is 29.1. The zero-order valence-corrected chi connectivity index (χ0v) is 14.7. The minimum absolute atomic E-state index is 0.348. The van der Waals surface area contributed by atoms with E-state index in [1.54, 1.807) is 0 Å². The highest BCUT2D eigenvalue weighted by atomic mass is 16.7. The van der Waals surface area contributed by atoms with Crippen LogP contribution in [0.1, 0.15) is 32.3 Å². The molecule has 0 aliphatic carbocycles. The first-order valence-corrected chi connectivity index (χ1v) is 9.18. The molecule has 0 saturated carbocycles. The zero-order valence-electron chi connectivity index (χ0n) is 14.7. The molecule has 2 fully saturated rings. The number of benzene rings is 1. The summed E-state index contributed by atoms with van der Waals surface area (Å²) in [5, 5.41) is 0. The molecule has 5 heteroatoms. The predicted octanol–water partition coefficient (Wildman–Crippen LogP) is 2.49. The molecule has 24 heavy (non-hydrogen) atoms. The molecule has 1 aromatic carbocycles. The van der Waals surface area contributed by atoms with Gasteiger partial charge in [-0.3, -0.25) is 9.80 Å². The fraction of sp³-hybridized carbons (Fsp3) is 0.684. The lowest BCUT2D eigenvalue weighted by Crippen LogP contribution is -2.53. The van der Waals surface area contributed by atoms with Crippen molar-refractivity contribution in [3.63, 3.8) is 0 Å². The van der Waals surface area contributed by atoms with E-state index in [2.05, 4.69) is 35.8 Å². The number of rotatable bonds is 3. The first-order valence-electron chi connectivity index (χ1n) is 9.18. The maximum Gasteiger partial charge on any atom is 0.231 e. The van der Waals surface area contributed by atoms with Gasteiger partial charge in [-0.05, 0) is 57.5 Å². The Balaban J connectivity index is 1.30. The second-order valence-electron chi connectivity index (χ2n) is 7.41. The van der Waals surface area contributed by atoms with E-state index in [4.69, 9.17) is 14.2 Å². The first-order chi connectivity index (χ1) is 11.7. The highest BCUT2D eigenvalue weighted by molar-refractivity contribution is 5.44. The third-order valence-corrected chi connectivity index (χ3v) is 5.36. The van der Waals surface area contributed by atoms with Gasteiger partial charge in [0.15, 0.2) is 11.5 Å². The summed E-state index contributed by atoms with van der Waals surface area (Å²) in [5.41, 5.74) is 1.31. The van der Waals surface area contributed by atoms with Crippen LogP contribution in [-0.4, -0.2) is 61.0 Å². The fourth-order valence-electron chi connectivity index (χ4n) is 4.26. The SMILES string of the molecule is C[C@H]1CN(C2CCN(Cc3ccc4c(c3)OCO4)CC2)C[C@H](C)O1. The molecule has 0 amide bonds. The largest absolute Gasteiger partial charge is 0.454 e. The van der Waals surface area contributed by atoms with Crippen molar-refractivity contribution in [1.82, 2.24) is 9.80 Å². The molecule has 3 aliphatic rings. The van der Waals surface area contributed by atoms with Crippen LogP contribution in [-0.2, 0) is 11.3 Å². The smallest absolute Gasteiger partial charge is 0.231 e. The third-order valence-electron chi connectivity index (χ3n) is 5.36. The Kier molecular flexibility index (Phi) is 4.66. The van der Waals surface area contributed by atoms with Crippen molar-refractivity contribution < 1.29 is 14.2 Å². The predicted molar refractivity (Wildman–Crippen MR) is 92.4 cm³/mol. The number of fused-ring (bicyclic) bond motifs is 1. The van der Waals surface area contributed by atoms with Crippen LogP contribution in [0.5, 0.6) is 11.5 Å². The van der Waals surface area contributed by atoms with Crippen LogP contribution in [0, 0.1) is 0 Å². The molecule has 0 unspecified atom stereocenters. The Morgan fingerprint density at radius 2 is 1.71 bits per heavy atom. The number of nitrogens with zero attached hydrogens (tertiary/aromatic N) is 2. The van der Waals surface area contributed by atoms with Crippen molar-refractivity contribution in [1.29, 1.82) is 0 Å². The van der Waals surface area contributed by atoms with E-state index in [0.29, 0.717) is 25.0 Å². The quantitative estimate of drug-likeness (QED) is 0.849. The van der Waals surface area contributed by atoms with Gasteiger partial charge in [0.2, 0.25) is 6.79 Å². The van der Waals surface area contributed by atoms with Crippen LogP contribution in [0.25, 0.3) is 0 Å². The summed E-state index contributed by atoms with van der Waals surface area (Å²) in [4.78, 5) is 5.21. The highest BCUT2D eigenvalue weighted by Crippen LogP contribution is 2.33. The number of likely N-dealkylation sites (tertiary alicyclic amines) is 1. The van der Waals surface area contributed by atoms with Gasteiger partial charge in [-0.25, -0.2) is 0 Å². The molecule has 5 nitrogen and oxygen atoms in total. The lowest BCUT2D eigenvalue weighted by Gasteiger charge is -2.43. The van der Waals surface area contributed by atoms with E-state index in [0.717, 1.165) is 31.1 Å². The Morgan fingerprint density at radius 1 is 1.00 bits per heavy atom. The Hall–Kier alpha value is -1.30. The third kappa shape index (κ3) is 3.53. The van der Waals surface area contributed by atoms with Gasteiger partial charge in [-0.1, -0.05) is 6.07 Å². The van der Waals surface area contributed by atoms with Gasteiger partial charge in [0, 0.05) is 25.7 Å². The average Bonchev–Trinajstić information content (AvgIpc) is 3.02. The Morgan fingerprint density at radius 3 is 2.46 bits per heavy atom. The van der Waals surface area contributed by atoms with Crippen molar-refractivity contribution in [2.24, 2.45) is 0 Å². The highest BCUT2D eigenvalue weighted by Gasteiger charge is 2.30. The lowest BCUT2D eigenvalue weighted by molar-refractivity contribution is -0.0865. The van der Waals surface area contributed by atoms with E-state index in [-0.39, 0.29) is 0 Å². The minimum Gasteiger partial charge on any atom is -0.454 e.